The molecule has 0 aliphatic heterocycles. The molecule has 0 bridgehead atoms. The molecule has 26 heavy (non-hydrogen) atoms. The molecular formula is C18H22N2O6. The third-order valence-corrected chi connectivity index (χ3v) is 3.58. The van der Waals surface area contributed by atoms with Crippen LogP contribution in [0.3, 0.4) is 0 Å². The Balaban J connectivity index is 2.20. The molecule has 2 N–H and O–H groups in total. The van der Waals surface area contributed by atoms with Crippen molar-refractivity contribution in [1.29, 1.82) is 0 Å². The highest BCUT2D eigenvalue weighted by molar-refractivity contribution is 6.01. The summed E-state index contributed by atoms with van der Waals surface area (Å²) in [5, 5.41) is 5.44. The summed E-state index contributed by atoms with van der Waals surface area (Å²) < 4.78 is 26.2. The number of benzene rings is 2. The zero-order chi connectivity index (χ0) is 19.1. The third-order valence-electron chi connectivity index (χ3n) is 3.58. The van der Waals surface area contributed by atoms with Crippen LogP contribution in [-0.4, -0.2) is 41.6 Å². The second kappa shape index (κ2) is 8.70. The summed E-state index contributed by atoms with van der Waals surface area (Å²) in [6.45, 7) is 0. The van der Waals surface area contributed by atoms with Crippen molar-refractivity contribution in [3.8, 4) is 28.7 Å². The molecule has 0 radical (unpaired) electrons. The Morgan fingerprint density at radius 3 is 1.85 bits per heavy atom. The molecule has 8 nitrogen and oxygen atoms in total. The van der Waals surface area contributed by atoms with Crippen LogP contribution in [0.1, 0.15) is 0 Å². The lowest BCUT2D eigenvalue weighted by Gasteiger charge is -2.15. The molecule has 0 fully saturated rings. The van der Waals surface area contributed by atoms with E-state index < -0.39 is 6.03 Å². The first-order chi connectivity index (χ1) is 12.6. The molecule has 2 aromatic rings. The van der Waals surface area contributed by atoms with Crippen LogP contribution in [0.25, 0.3) is 0 Å². The van der Waals surface area contributed by atoms with Gasteiger partial charge in [-0.1, -0.05) is 0 Å². The Bertz CT molecular complexity index is 753. The van der Waals surface area contributed by atoms with Crippen molar-refractivity contribution < 1.29 is 28.5 Å². The zero-order valence-electron chi connectivity index (χ0n) is 15.3. The van der Waals surface area contributed by atoms with Crippen LogP contribution in [0.5, 0.6) is 28.7 Å². The highest BCUT2D eigenvalue weighted by Gasteiger charge is 2.15. The van der Waals surface area contributed by atoms with Gasteiger partial charge in [-0.25, -0.2) is 4.79 Å². The summed E-state index contributed by atoms with van der Waals surface area (Å²) in [7, 11) is 7.58. The predicted octanol–water partition coefficient (Wildman–Crippen LogP) is 3.37. The van der Waals surface area contributed by atoms with E-state index in [0.29, 0.717) is 40.1 Å². The quantitative estimate of drug-likeness (QED) is 0.785. The number of rotatable bonds is 7. The number of carbonyl (C=O) groups is 1. The van der Waals surface area contributed by atoms with Crippen LogP contribution in [0.4, 0.5) is 16.2 Å². The van der Waals surface area contributed by atoms with Crippen LogP contribution in [0.15, 0.2) is 30.3 Å². The lowest BCUT2D eigenvalue weighted by atomic mass is 10.2. The van der Waals surface area contributed by atoms with E-state index in [1.165, 1.54) is 28.4 Å². The summed E-state index contributed by atoms with van der Waals surface area (Å²) in [5.41, 5.74) is 0.975. The van der Waals surface area contributed by atoms with Crippen LogP contribution in [-0.2, 0) is 0 Å². The smallest absolute Gasteiger partial charge is 0.323 e. The van der Waals surface area contributed by atoms with Crippen molar-refractivity contribution in [3.63, 3.8) is 0 Å². The molecule has 2 rings (SSSR count). The van der Waals surface area contributed by atoms with Gasteiger partial charge < -0.3 is 34.3 Å². The Hall–Kier alpha value is -3.29. The van der Waals surface area contributed by atoms with E-state index in [-0.39, 0.29) is 0 Å². The van der Waals surface area contributed by atoms with E-state index >= 15 is 0 Å². The lowest BCUT2D eigenvalue weighted by molar-refractivity contribution is 0.262. The third kappa shape index (κ3) is 4.21. The van der Waals surface area contributed by atoms with Gasteiger partial charge in [0, 0.05) is 18.2 Å². The number of ether oxygens (including phenoxy) is 5. The van der Waals surface area contributed by atoms with Gasteiger partial charge in [-0.05, 0) is 12.1 Å². The molecule has 0 heterocycles. The highest BCUT2D eigenvalue weighted by Crippen LogP contribution is 2.40. The van der Waals surface area contributed by atoms with Gasteiger partial charge >= 0.3 is 6.03 Å². The van der Waals surface area contributed by atoms with E-state index in [9.17, 15) is 4.79 Å². The molecule has 0 aliphatic rings. The summed E-state index contributed by atoms with van der Waals surface area (Å²) in [5.74, 6) is 2.41. The minimum absolute atomic E-state index is 0.434. The van der Waals surface area contributed by atoms with Crippen molar-refractivity contribution in [2.45, 2.75) is 0 Å². The first kappa shape index (κ1) is 19.0. The molecule has 0 atom stereocenters. The fourth-order valence-electron chi connectivity index (χ4n) is 2.34. The standard InChI is InChI=1S/C18H22N2O6/c1-22-12-6-7-13(14(10-12)23-2)20-18(21)19-11-8-15(24-3)17(26-5)16(9-11)25-4/h6-10H,1-5H3,(H2,19,20,21). The number of amides is 2. The zero-order valence-corrected chi connectivity index (χ0v) is 15.3. The Labute approximate surface area is 152 Å². The van der Waals surface area contributed by atoms with Crippen LogP contribution in [0, 0.1) is 0 Å². The SMILES string of the molecule is COc1ccc(NC(=O)Nc2cc(OC)c(OC)c(OC)c2)c(OC)c1. The molecule has 0 spiro atoms. The molecule has 0 saturated heterocycles. The maximum absolute atomic E-state index is 12.3. The van der Waals surface area contributed by atoms with Crippen molar-refractivity contribution >= 4 is 17.4 Å². The Morgan fingerprint density at radius 1 is 0.731 bits per heavy atom. The van der Waals surface area contributed by atoms with Gasteiger partial charge in [-0.3, -0.25) is 0 Å². The molecule has 8 heteroatoms. The van der Waals surface area contributed by atoms with Gasteiger partial charge in [0.15, 0.2) is 11.5 Å². The topological polar surface area (TPSA) is 87.3 Å². The molecule has 2 amide bonds. The summed E-state index contributed by atoms with van der Waals surface area (Å²) >= 11 is 0. The van der Waals surface area contributed by atoms with E-state index in [4.69, 9.17) is 23.7 Å². The lowest BCUT2D eigenvalue weighted by Crippen LogP contribution is -2.20. The first-order valence-corrected chi connectivity index (χ1v) is 7.66. The van der Waals surface area contributed by atoms with Gasteiger partial charge in [0.25, 0.3) is 0 Å². The summed E-state index contributed by atoms with van der Waals surface area (Å²) in [4.78, 5) is 12.3. The van der Waals surface area contributed by atoms with Crippen molar-refractivity contribution in [2.24, 2.45) is 0 Å². The van der Waals surface area contributed by atoms with E-state index in [0.717, 1.165) is 0 Å². The number of nitrogens with one attached hydrogen (secondary N) is 2. The number of urea groups is 1. The highest BCUT2D eigenvalue weighted by atomic mass is 16.5. The molecule has 0 aromatic heterocycles. The van der Waals surface area contributed by atoms with Gasteiger partial charge in [-0.15, -0.1) is 0 Å². The molecule has 0 aliphatic carbocycles. The average Bonchev–Trinajstić information content (AvgIpc) is 2.67. The van der Waals surface area contributed by atoms with Gasteiger partial charge in [-0.2, -0.15) is 0 Å². The molecule has 140 valence electrons. The minimum atomic E-state index is -0.456. The van der Waals surface area contributed by atoms with E-state index in [2.05, 4.69) is 10.6 Å². The summed E-state index contributed by atoms with van der Waals surface area (Å²) in [6, 6.07) is 7.89. The van der Waals surface area contributed by atoms with E-state index in [1.807, 2.05) is 0 Å². The monoisotopic (exact) mass is 362 g/mol. The second-order valence-corrected chi connectivity index (χ2v) is 5.06. The first-order valence-electron chi connectivity index (χ1n) is 7.66. The van der Waals surface area contributed by atoms with Gasteiger partial charge in [0.2, 0.25) is 5.75 Å². The minimum Gasteiger partial charge on any atom is -0.497 e. The number of carbonyl (C=O) groups excluding carboxylic acids is 1. The van der Waals surface area contributed by atoms with Crippen molar-refractivity contribution in [3.05, 3.63) is 30.3 Å². The van der Waals surface area contributed by atoms with Crippen LogP contribution < -0.4 is 34.3 Å². The fraction of sp³-hybridized carbons (Fsp3) is 0.278. The summed E-state index contributed by atoms with van der Waals surface area (Å²) in [6.07, 6.45) is 0. The number of hydrogen-bond donors (Lipinski definition) is 2. The average molecular weight is 362 g/mol. The second-order valence-electron chi connectivity index (χ2n) is 5.06. The largest absolute Gasteiger partial charge is 0.497 e. The van der Waals surface area contributed by atoms with Crippen LogP contribution >= 0.6 is 0 Å². The van der Waals surface area contributed by atoms with Crippen molar-refractivity contribution in [2.75, 3.05) is 46.2 Å². The maximum atomic E-state index is 12.3. The van der Waals surface area contributed by atoms with Gasteiger partial charge in [0.1, 0.15) is 11.5 Å². The normalized spacial score (nSPS) is 9.88. The predicted molar refractivity (Wildman–Crippen MR) is 98.3 cm³/mol. The number of hydrogen-bond acceptors (Lipinski definition) is 6. The van der Waals surface area contributed by atoms with E-state index in [1.54, 1.807) is 37.4 Å². The van der Waals surface area contributed by atoms with Crippen LogP contribution in [0.2, 0.25) is 0 Å². The number of anilines is 2. The molecule has 0 saturated carbocycles. The number of methoxy groups -OCH3 is 5. The van der Waals surface area contributed by atoms with Gasteiger partial charge in [0.05, 0.1) is 46.9 Å². The molecule has 2 aromatic carbocycles. The Kier molecular flexibility index (Phi) is 6.37. The Morgan fingerprint density at radius 2 is 1.35 bits per heavy atom. The van der Waals surface area contributed by atoms with Crippen molar-refractivity contribution in [1.82, 2.24) is 0 Å². The molecule has 0 unspecified atom stereocenters. The fourth-order valence-corrected chi connectivity index (χ4v) is 2.34. The molecular weight excluding hydrogens is 340 g/mol. The maximum Gasteiger partial charge on any atom is 0.323 e.